The van der Waals surface area contributed by atoms with Crippen LogP contribution in [0, 0.1) is 13.8 Å². The second-order valence-corrected chi connectivity index (χ2v) is 8.11. The van der Waals surface area contributed by atoms with Gasteiger partial charge in [-0.05, 0) is 81.1 Å². The van der Waals surface area contributed by atoms with E-state index in [9.17, 15) is 4.79 Å². The highest BCUT2D eigenvalue weighted by Gasteiger charge is 2.27. The third kappa shape index (κ3) is 4.03. The fraction of sp³-hybridized carbons (Fsp3) is 0.360. The van der Waals surface area contributed by atoms with Gasteiger partial charge < -0.3 is 10.6 Å². The van der Waals surface area contributed by atoms with Gasteiger partial charge in [-0.1, -0.05) is 31.2 Å². The monoisotopic (exact) mass is 402 g/mol. The standard InChI is InChI=1S/C25H30N4O/c1-4-19-7-5-6-8-23(19)28-25(30)22-16-27-29(21-10-9-17(2)18(3)15-21)24(22)20-11-13-26-14-12-20/h5-10,15-16,20,26H,4,11-14H2,1-3H3,(H,28,30). The van der Waals surface area contributed by atoms with Crippen molar-refractivity contribution in [3.63, 3.8) is 0 Å². The number of para-hydroxylation sites is 1. The van der Waals surface area contributed by atoms with Crippen molar-refractivity contribution in [2.75, 3.05) is 18.4 Å². The number of carbonyl (C=O) groups excluding carboxylic acids is 1. The second kappa shape index (κ2) is 8.84. The van der Waals surface area contributed by atoms with Crippen molar-refractivity contribution in [3.05, 3.63) is 76.6 Å². The molecule has 2 aromatic carbocycles. The molecular formula is C25H30N4O. The number of nitrogens with one attached hydrogen (secondary N) is 2. The molecule has 0 aliphatic carbocycles. The largest absolute Gasteiger partial charge is 0.322 e. The molecule has 3 aromatic rings. The molecule has 1 aliphatic rings. The number of aryl methyl sites for hydroxylation is 3. The summed E-state index contributed by atoms with van der Waals surface area (Å²) in [5, 5.41) is 11.2. The van der Waals surface area contributed by atoms with Gasteiger partial charge in [-0.3, -0.25) is 4.79 Å². The third-order valence-electron chi connectivity index (χ3n) is 6.16. The van der Waals surface area contributed by atoms with Crippen LogP contribution in [0.5, 0.6) is 0 Å². The summed E-state index contributed by atoms with van der Waals surface area (Å²) in [7, 11) is 0. The molecule has 2 N–H and O–H groups in total. The number of hydrogen-bond donors (Lipinski definition) is 2. The van der Waals surface area contributed by atoms with Crippen molar-refractivity contribution in [3.8, 4) is 5.69 Å². The summed E-state index contributed by atoms with van der Waals surface area (Å²) in [5.41, 5.74) is 7.19. The Morgan fingerprint density at radius 2 is 1.90 bits per heavy atom. The minimum absolute atomic E-state index is 0.0838. The molecule has 0 radical (unpaired) electrons. The summed E-state index contributed by atoms with van der Waals surface area (Å²) in [4.78, 5) is 13.3. The first kappa shape index (κ1) is 20.4. The summed E-state index contributed by atoms with van der Waals surface area (Å²) in [6.45, 7) is 8.25. The zero-order valence-corrected chi connectivity index (χ0v) is 18.0. The number of carbonyl (C=O) groups is 1. The second-order valence-electron chi connectivity index (χ2n) is 8.11. The Hall–Kier alpha value is -2.92. The lowest BCUT2D eigenvalue weighted by Gasteiger charge is -2.25. The van der Waals surface area contributed by atoms with Crippen molar-refractivity contribution in [2.45, 2.75) is 46.0 Å². The van der Waals surface area contributed by atoms with E-state index in [0.29, 0.717) is 11.5 Å². The summed E-state index contributed by atoms with van der Waals surface area (Å²) in [6, 6.07) is 14.4. The first-order valence-corrected chi connectivity index (χ1v) is 10.8. The van der Waals surface area contributed by atoms with E-state index >= 15 is 0 Å². The van der Waals surface area contributed by atoms with Crippen LogP contribution >= 0.6 is 0 Å². The fourth-order valence-electron chi connectivity index (χ4n) is 4.22. The first-order chi connectivity index (χ1) is 14.6. The van der Waals surface area contributed by atoms with Gasteiger partial charge in [0.15, 0.2) is 0 Å². The van der Waals surface area contributed by atoms with Gasteiger partial charge in [0.1, 0.15) is 0 Å². The zero-order valence-electron chi connectivity index (χ0n) is 18.0. The van der Waals surface area contributed by atoms with E-state index in [4.69, 9.17) is 0 Å². The number of rotatable bonds is 5. The fourth-order valence-corrected chi connectivity index (χ4v) is 4.22. The van der Waals surface area contributed by atoms with Crippen LogP contribution in [-0.2, 0) is 6.42 Å². The van der Waals surface area contributed by atoms with E-state index in [0.717, 1.165) is 55.0 Å². The molecule has 1 aromatic heterocycles. The predicted octanol–water partition coefficient (Wildman–Crippen LogP) is 4.77. The molecule has 30 heavy (non-hydrogen) atoms. The lowest BCUT2D eigenvalue weighted by molar-refractivity contribution is 0.102. The maximum atomic E-state index is 13.3. The van der Waals surface area contributed by atoms with Crippen LogP contribution < -0.4 is 10.6 Å². The Kier molecular flexibility index (Phi) is 6.00. The highest BCUT2D eigenvalue weighted by Crippen LogP contribution is 2.31. The molecule has 5 nitrogen and oxygen atoms in total. The number of aromatic nitrogens is 2. The molecular weight excluding hydrogens is 372 g/mol. The quantitative estimate of drug-likeness (QED) is 0.646. The Labute approximate surface area is 178 Å². The van der Waals surface area contributed by atoms with Crippen LogP contribution in [0.4, 0.5) is 5.69 Å². The Morgan fingerprint density at radius 3 is 2.63 bits per heavy atom. The topological polar surface area (TPSA) is 59.0 Å². The van der Waals surface area contributed by atoms with Crippen LogP contribution in [0.1, 0.15) is 58.4 Å². The van der Waals surface area contributed by atoms with Gasteiger partial charge in [0.05, 0.1) is 23.1 Å². The molecule has 0 unspecified atom stereocenters. The maximum Gasteiger partial charge on any atom is 0.259 e. The highest BCUT2D eigenvalue weighted by atomic mass is 16.1. The highest BCUT2D eigenvalue weighted by molar-refractivity contribution is 6.05. The van der Waals surface area contributed by atoms with Crippen molar-refractivity contribution in [2.24, 2.45) is 0 Å². The SMILES string of the molecule is CCc1ccccc1NC(=O)c1cnn(-c2ccc(C)c(C)c2)c1C1CCNCC1. The molecule has 1 fully saturated rings. The number of anilines is 1. The lowest BCUT2D eigenvalue weighted by Crippen LogP contribution is -2.29. The molecule has 5 heteroatoms. The number of nitrogens with zero attached hydrogens (tertiary/aromatic N) is 2. The molecule has 2 heterocycles. The minimum Gasteiger partial charge on any atom is -0.322 e. The Morgan fingerprint density at radius 1 is 1.13 bits per heavy atom. The van der Waals surface area contributed by atoms with Crippen molar-refractivity contribution >= 4 is 11.6 Å². The molecule has 1 saturated heterocycles. The van der Waals surface area contributed by atoms with Gasteiger partial charge in [-0.15, -0.1) is 0 Å². The number of hydrogen-bond acceptors (Lipinski definition) is 3. The molecule has 0 bridgehead atoms. The summed E-state index contributed by atoms with van der Waals surface area (Å²) >= 11 is 0. The number of amides is 1. The van der Waals surface area contributed by atoms with Crippen LogP contribution in [0.3, 0.4) is 0 Å². The van der Waals surface area contributed by atoms with E-state index in [1.54, 1.807) is 6.20 Å². The normalized spacial score (nSPS) is 14.6. The predicted molar refractivity (Wildman–Crippen MR) is 122 cm³/mol. The van der Waals surface area contributed by atoms with Gasteiger partial charge >= 0.3 is 0 Å². The minimum atomic E-state index is -0.0838. The van der Waals surface area contributed by atoms with Gasteiger partial charge in [0, 0.05) is 11.6 Å². The molecule has 0 spiro atoms. The molecule has 0 saturated carbocycles. The van der Waals surface area contributed by atoms with Gasteiger partial charge in [0.25, 0.3) is 5.91 Å². The molecule has 156 valence electrons. The van der Waals surface area contributed by atoms with E-state index < -0.39 is 0 Å². The van der Waals surface area contributed by atoms with E-state index in [-0.39, 0.29) is 5.91 Å². The van der Waals surface area contributed by atoms with E-state index in [1.807, 2.05) is 22.9 Å². The van der Waals surface area contributed by atoms with Crippen LogP contribution in [0.25, 0.3) is 5.69 Å². The summed E-state index contributed by atoms with van der Waals surface area (Å²) in [6.07, 6.45) is 4.61. The molecule has 1 amide bonds. The lowest BCUT2D eigenvalue weighted by atomic mass is 9.91. The van der Waals surface area contributed by atoms with Gasteiger partial charge in [0.2, 0.25) is 0 Å². The van der Waals surface area contributed by atoms with E-state index in [1.165, 1.54) is 11.1 Å². The van der Waals surface area contributed by atoms with Crippen LogP contribution in [0.15, 0.2) is 48.7 Å². The summed E-state index contributed by atoms with van der Waals surface area (Å²) < 4.78 is 1.98. The average Bonchev–Trinajstić information content (AvgIpc) is 3.22. The molecule has 4 rings (SSSR count). The average molecular weight is 403 g/mol. The molecule has 0 atom stereocenters. The number of benzene rings is 2. The van der Waals surface area contributed by atoms with Crippen LogP contribution in [0.2, 0.25) is 0 Å². The zero-order chi connectivity index (χ0) is 21.1. The number of piperidine rings is 1. The summed E-state index contributed by atoms with van der Waals surface area (Å²) in [5.74, 6) is 0.219. The first-order valence-electron chi connectivity index (χ1n) is 10.8. The van der Waals surface area contributed by atoms with Gasteiger partial charge in [-0.25, -0.2) is 4.68 Å². The van der Waals surface area contributed by atoms with Gasteiger partial charge in [-0.2, -0.15) is 5.10 Å². The Balaban J connectivity index is 1.74. The maximum absolute atomic E-state index is 13.3. The smallest absolute Gasteiger partial charge is 0.259 e. The third-order valence-corrected chi connectivity index (χ3v) is 6.16. The van der Waals surface area contributed by atoms with Crippen molar-refractivity contribution in [1.82, 2.24) is 15.1 Å². The molecule has 1 aliphatic heterocycles. The van der Waals surface area contributed by atoms with Crippen molar-refractivity contribution in [1.29, 1.82) is 0 Å². The van der Waals surface area contributed by atoms with Crippen molar-refractivity contribution < 1.29 is 4.79 Å². The van der Waals surface area contributed by atoms with Crippen LogP contribution in [-0.4, -0.2) is 28.8 Å². The van der Waals surface area contributed by atoms with E-state index in [2.05, 4.69) is 60.8 Å². The Bertz CT molecular complexity index is 1050.